The van der Waals surface area contributed by atoms with Crippen LogP contribution >= 0.6 is 0 Å². The lowest BCUT2D eigenvalue weighted by Crippen LogP contribution is -2.26. The molecule has 0 rings (SSSR count). The average Bonchev–Trinajstić information content (AvgIpc) is 2.16. The van der Waals surface area contributed by atoms with Gasteiger partial charge in [0, 0.05) is 0 Å². The first-order valence-corrected chi connectivity index (χ1v) is 5.91. The van der Waals surface area contributed by atoms with Gasteiger partial charge < -0.3 is 5.73 Å². The Balaban J connectivity index is 3.72. The monoisotopic (exact) mass is 210 g/mol. The van der Waals surface area contributed by atoms with Gasteiger partial charge in [-0.05, 0) is 44.3 Å². The predicted molar refractivity (Wildman–Crippen MR) is 67.6 cm³/mol. The fraction of sp³-hybridized carbons (Fsp3) is 0.846. The summed E-state index contributed by atoms with van der Waals surface area (Å²) in [6, 6.07) is 0. The fourth-order valence-corrected chi connectivity index (χ4v) is 1.78. The van der Waals surface area contributed by atoms with Gasteiger partial charge in [0.05, 0.1) is 6.54 Å². The highest BCUT2D eigenvalue weighted by Gasteiger charge is 2.16. The maximum atomic E-state index is 5.58. The molecule has 88 valence electrons. The van der Waals surface area contributed by atoms with Crippen molar-refractivity contribution >= 4 is 0 Å². The number of hydrogen-bond acceptors (Lipinski definition) is 2. The topological polar surface area (TPSA) is 29.3 Å². The van der Waals surface area contributed by atoms with Crippen LogP contribution in [0.25, 0.3) is 0 Å². The van der Waals surface area contributed by atoms with Crippen molar-refractivity contribution in [1.82, 2.24) is 4.90 Å². The van der Waals surface area contributed by atoms with Crippen molar-refractivity contribution in [2.75, 3.05) is 26.2 Å². The number of nitrogens with zero attached hydrogens (tertiary/aromatic N) is 1. The molecule has 0 unspecified atom stereocenters. The normalized spacial score (nSPS) is 11.7. The Bertz CT molecular complexity index is 191. The Morgan fingerprint density at radius 2 is 2.00 bits per heavy atom. The van der Waals surface area contributed by atoms with Crippen LogP contribution in [0.4, 0.5) is 0 Å². The molecule has 0 saturated heterocycles. The van der Waals surface area contributed by atoms with E-state index in [-0.39, 0.29) is 0 Å². The van der Waals surface area contributed by atoms with E-state index in [0.717, 1.165) is 32.6 Å². The maximum Gasteiger partial charge on any atom is 0.0598 e. The molecule has 2 N–H and O–H groups in total. The third-order valence-corrected chi connectivity index (χ3v) is 2.91. The summed E-state index contributed by atoms with van der Waals surface area (Å²) in [5, 5.41) is 0. The minimum absolute atomic E-state index is 0.379. The van der Waals surface area contributed by atoms with Gasteiger partial charge in [-0.2, -0.15) is 0 Å². The molecule has 0 spiro atoms. The zero-order valence-electron chi connectivity index (χ0n) is 10.6. The van der Waals surface area contributed by atoms with E-state index in [0.29, 0.717) is 5.41 Å². The first-order valence-electron chi connectivity index (χ1n) is 5.91. The standard InChI is InChI=1S/C13H26N2/c1-5-11-15(6-2)12-7-8-13(3,4)9-10-14/h1H,6-12,14H2,2-4H3. The van der Waals surface area contributed by atoms with Gasteiger partial charge in [0.2, 0.25) is 0 Å². The Morgan fingerprint density at radius 1 is 1.33 bits per heavy atom. The minimum atomic E-state index is 0.379. The molecule has 0 heterocycles. The van der Waals surface area contributed by atoms with Crippen molar-refractivity contribution in [2.45, 2.75) is 40.0 Å². The Kier molecular flexibility index (Phi) is 7.46. The number of terminal acetylenes is 1. The molecule has 0 aliphatic carbocycles. The van der Waals surface area contributed by atoms with Crippen molar-refractivity contribution < 1.29 is 0 Å². The second kappa shape index (κ2) is 7.73. The van der Waals surface area contributed by atoms with E-state index in [9.17, 15) is 0 Å². The zero-order valence-corrected chi connectivity index (χ0v) is 10.6. The fourth-order valence-electron chi connectivity index (χ4n) is 1.78. The summed E-state index contributed by atoms with van der Waals surface area (Å²) in [4.78, 5) is 2.30. The van der Waals surface area contributed by atoms with E-state index in [1.54, 1.807) is 0 Å². The lowest BCUT2D eigenvalue weighted by atomic mass is 9.84. The third-order valence-electron chi connectivity index (χ3n) is 2.91. The second-order valence-electron chi connectivity index (χ2n) is 4.88. The van der Waals surface area contributed by atoms with E-state index >= 15 is 0 Å². The molecule has 15 heavy (non-hydrogen) atoms. The van der Waals surface area contributed by atoms with Gasteiger partial charge in [0.25, 0.3) is 0 Å². The van der Waals surface area contributed by atoms with Crippen LogP contribution in [0.1, 0.15) is 40.0 Å². The van der Waals surface area contributed by atoms with Gasteiger partial charge in [-0.3, -0.25) is 4.90 Å². The highest BCUT2D eigenvalue weighted by Crippen LogP contribution is 2.25. The van der Waals surface area contributed by atoms with Gasteiger partial charge >= 0.3 is 0 Å². The molecule has 0 fully saturated rings. The van der Waals surface area contributed by atoms with Crippen LogP contribution in [0.5, 0.6) is 0 Å². The van der Waals surface area contributed by atoms with Crippen molar-refractivity contribution in [3.63, 3.8) is 0 Å². The van der Waals surface area contributed by atoms with E-state index in [1.165, 1.54) is 12.8 Å². The molecule has 2 heteroatoms. The Morgan fingerprint density at radius 3 is 2.47 bits per heavy atom. The van der Waals surface area contributed by atoms with E-state index in [2.05, 4.69) is 31.6 Å². The van der Waals surface area contributed by atoms with E-state index in [1.807, 2.05) is 0 Å². The summed E-state index contributed by atoms with van der Waals surface area (Å²) in [6.07, 6.45) is 8.85. The summed E-state index contributed by atoms with van der Waals surface area (Å²) in [7, 11) is 0. The first kappa shape index (κ1) is 14.5. The number of nitrogens with two attached hydrogens (primary N) is 1. The molecule has 0 aromatic carbocycles. The Hall–Kier alpha value is -0.520. The summed E-state index contributed by atoms with van der Waals surface area (Å²) >= 11 is 0. The summed E-state index contributed by atoms with van der Waals surface area (Å²) < 4.78 is 0. The highest BCUT2D eigenvalue weighted by molar-refractivity contribution is 4.87. The molecule has 0 aliphatic heterocycles. The van der Waals surface area contributed by atoms with Gasteiger partial charge in [-0.15, -0.1) is 6.42 Å². The number of rotatable bonds is 8. The molecule has 0 atom stereocenters. The quantitative estimate of drug-likeness (QED) is 0.622. The Labute approximate surface area is 95.2 Å². The SMILES string of the molecule is C#CCN(CC)CCCC(C)(C)CCN. The average molecular weight is 210 g/mol. The van der Waals surface area contributed by atoms with Crippen molar-refractivity contribution in [3.8, 4) is 12.3 Å². The van der Waals surface area contributed by atoms with Crippen molar-refractivity contribution in [1.29, 1.82) is 0 Å². The van der Waals surface area contributed by atoms with Gasteiger partial charge in [-0.1, -0.05) is 26.7 Å². The van der Waals surface area contributed by atoms with Crippen LogP contribution < -0.4 is 5.73 Å². The summed E-state index contributed by atoms with van der Waals surface area (Å²) in [5.74, 6) is 2.70. The van der Waals surface area contributed by atoms with E-state index in [4.69, 9.17) is 12.2 Å². The molecule has 0 aliphatic rings. The first-order chi connectivity index (χ1) is 7.05. The predicted octanol–water partition coefficient (Wildman–Crippen LogP) is 2.10. The molecule has 0 aromatic rings. The van der Waals surface area contributed by atoms with Crippen LogP contribution in [0.2, 0.25) is 0 Å². The maximum absolute atomic E-state index is 5.58. The smallest absolute Gasteiger partial charge is 0.0598 e. The van der Waals surface area contributed by atoms with Crippen molar-refractivity contribution in [2.24, 2.45) is 11.1 Å². The minimum Gasteiger partial charge on any atom is -0.330 e. The highest BCUT2D eigenvalue weighted by atomic mass is 15.1. The van der Waals surface area contributed by atoms with Crippen LogP contribution in [0.3, 0.4) is 0 Å². The molecule has 0 bridgehead atoms. The molecule has 0 radical (unpaired) electrons. The molecule has 0 amide bonds. The largest absolute Gasteiger partial charge is 0.330 e. The molecular formula is C13H26N2. The van der Waals surface area contributed by atoms with Crippen LogP contribution in [-0.2, 0) is 0 Å². The van der Waals surface area contributed by atoms with Gasteiger partial charge in [0.1, 0.15) is 0 Å². The van der Waals surface area contributed by atoms with Crippen LogP contribution in [0.15, 0.2) is 0 Å². The molecule has 0 saturated carbocycles. The summed E-state index contributed by atoms with van der Waals surface area (Å²) in [5.41, 5.74) is 5.96. The summed E-state index contributed by atoms with van der Waals surface area (Å²) in [6.45, 7) is 10.4. The van der Waals surface area contributed by atoms with E-state index < -0.39 is 0 Å². The molecule has 0 aromatic heterocycles. The molecular weight excluding hydrogens is 184 g/mol. The third kappa shape index (κ3) is 7.41. The van der Waals surface area contributed by atoms with Crippen molar-refractivity contribution in [3.05, 3.63) is 0 Å². The lowest BCUT2D eigenvalue weighted by molar-refractivity contribution is 0.258. The van der Waals surface area contributed by atoms with Crippen LogP contribution in [0, 0.1) is 17.8 Å². The molecule has 2 nitrogen and oxygen atoms in total. The van der Waals surface area contributed by atoms with Gasteiger partial charge in [-0.25, -0.2) is 0 Å². The number of hydrogen-bond donors (Lipinski definition) is 1. The second-order valence-corrected chi connectivity index (χ2v) is 4.88. The van der Waals surface area contributed by atoms with Crippen LogP contribution in [-0.4, -0.2) is 31.1 Å². The zero-order chi connectivity index (χ0) is 11.7. The lowest BCUT2D eigenvalue weighted by Gasteiger charge is -2.25. The van der Waals surface area contributed by atoms with Gasteiger partial charge in [0.15, 0.2) is 0 Å².